The van der Waals surface area contributed by atoms with E-state index in [-0.39, 0.29) is 29.9 Å². The lowest BCUT2D eigenvalue weighted by atomic mass is 9.97. The summed E-state index contributed by atoms with van der Waals surface area (Å²) in [5, 5.41) is 9.14. The molecule has 0 bridgehead atoms. The first-order chi connectivity index (χ1) is 20.7. The van der Waals surface area contributed by atoms with Gasteiger partial charge in [0.15, 0.2) is 11.5 Å². The molecule has 4 N–H and O–H groups in total. The summed E-state index contributed by atoms with van der Waals surface area (Å²) in [6.45, 7) is 1.75. The third kappa shape index (κ3) is 6.02. The molecule has 2 fully saturated rings. The lowest BCUT2D eigenvalue weighted by Crippen LogP contribution is -2.60. The van der Waals surface area contributed by atoms with Crippen molar-refractivity contribution in [1.29, 1.82) is 5.41 Å². The van der Waals surface area contributed by atoms with Crippen molar-refractivity contribution in [2.24, 2.45) is 5.73 Å². The van der Waals surface area contributed by atoms with Crippen molar-refractivity contribution < 1.29 is 27.5 Å². The molecule has 0 aliphatic carbocycles. The fourth-order valence-electron chi connectivity index (χ4n) is 6.06. The van der Waals surface area contributed by atoms with Crippen LogP contribution in [0.15, 0.2) is 59.5 Å². The molecule has 3 aliphatic rings. The maximum absolute atomic E-state index is 13.9. The number of likely N-dealkylation sites (tertiary alicyclic amines) is 2. The number of sulfonamides is 1. The summed E-state index contributed by atoms with van der Waals surface area (Å²) >= 11 is 0. The van der Waals surface area contributed by atoms with Gasteiger partial charge in [-0.3, -0.25) is 15.0 Å². The van der Waals surface area contributed by atoms with Crippen molar-refractivity contribution in [3.05, 3.63) is 65.7 Å². The monoisotopic (exact) mass is 605 g/mol. The van der Waals surface area contributed by atoms with E-state index in [9.17, 15) is 18.0 Å². The predicted octanol–water partition coefficient (Wildman–Crippen LogP) is 2.75. The summed E-state index contributed by atoms with van der Waals surface area (Å²) in [5.74, 6) is 0.577. The van der Waals surface area contributed by atoms with E-state index in [1.807, 2.05) is 17.0 Å². The van der Waals surface area contributed by atoms with Crippen LogP contribution in [-0.4, -0.2) is 74.4 Å². The summed E-state index contributed by atoms with van der Waals surface area (Å²) in [6, 6.07) is 13.6. The van der Waals surface area contributed by atoms with Gasteiger partial charge >= 0.3 is 0 Å². The lowest BCUT2D eigenvalue weighted by Gasteiger charge is -2.40. The van der Waals surface area contributed by atoms with E-state index in [1.54, 1.807) is 41.3 Å². The highest BCUT2D eigenvalue weighted by atomic mass is 32.2. The number of carbonyl (C=O) groups is 2. The van der Waals surface area contributed by atoms with Crippen LogP contribution in [-0.2, 0) is 26.0 Å². The third-order valence-electron chi connectivity index (χ3n) is 8.41. The highest BCUT2D eigenvalue weighted by Gasteiger charge is 2.40. The molecule has 12 heteroatoms. The summed E-state index contributed by atoms with van der Waals surface area (Å²) < 4.78 is 40.5. The van der Waals surface area contributed by atoms with Crippen LogP contribution in [0.1, 0.15) is 43.2 Å². The quantitative estimate of drug-likeness (QED) is 0.263. The topological polar surface area (TPSA) is 155 Å². The molecule has 226 valence electrons. The van der Waals surface area contributed by atoms with Gasteiger partial charge in [0.05, 0.1) is 4.90 Å². The van der Waals surface area contributed by atoms with Gasteiger partial charge in [0.2, 0.25) is 28.6 Å². The number of amidine groups is 1. The number of rotatable bonds is 8. The van der Waals surface area contributed by atoms with Gasteiger partial charge in [-0.15, -0.1) is 0 Å². The molecule has 3 aromatic rings. The Morgan fingerprint density at radius 2 is 1.65 bits per heavy atom. The number of fused-ring (bicyclic) bond motifs is 2. The molecule has 0 radical (unpaired) electrons. The summed E-state index contributed by atoms with van der Waals surface area (Å²) in [7, 11) is -4.06. The normalized spacial score (nSPS) is 19.4. The van der Waals surface area contributed by atoms with Gasteiger partial charge in [-0.05, 0) is 72.7 Å². The summed E-state index contributed by atoms with van der Waals surface area (Å²) in [4.78, 5) is 31.2. The first-order valence-corrected chi connectivity index (χ1v) is 16.1. The molecule has 0 aromatic heterocycles. The average molecular weight is 606 g/mol. The third-order valence-corrected chi connectivity index (χ3v) is 9.88. The van der Waals surface area contributed by atoms with Gasteiger partial charge in [-0.1, -0.05) is 30.3 Å². The van der Waals surface area contributed by atoms with Crippen molar-refractivity contribution in [3.8, 4) is 11.5 Å². The second-order valence-electron chi connectivity index (χ2n) is 11.3. The number of hydrogen-bond acceptors (Lipinski definition) is 7. The van der Waals surface area contributed by atoms with Crippen LogP contribution < -0.4 is 19.9 Å². The average Bonchev–Trinajstić information content (AvgIpc) is 3.47. The number of ether oxygens (including phenoxy) is 2. The largest absolute Gasteiger partial charge is 0.454 e. The Balaban J connectivity index is 1.24. The highest BCUT2D eigenvalue weighted by molar-refractivity contribution is 7.89. The zero-order chi connectivity index (χ0) is 30.1. The predicted molar refractivity (Wildman–Crippen MR) is 161 cm³/mol. The van der Waals surface area contributed by atoms with Crippen molar-refractivity contribution in [1.82, 2.24) is 14.5 Å². The van der Waals surface area contributed by atoms with Crippen molar-refractivity contribution in [2.75, 3.05) is 26.4 Å². The number of piperidine rings is 2. The molecule has 0 saturated carbocycles. The number of nitrogens with one attached hydrogen (secondary N) is 2. The smallest absolute Gasteiger partial charge is 0.245 e. The number of hydrogen-bond donors (Lipinski definition) is 3. The minimum absolute atomic E-state index is 0.0373. The summed E-state index contributed by atoms with van der Waals surface area (Å²) in [6.07, 6.45) is 4.04. The fraction of sp³-hybridized carbons (Fsp3) is 0.387. The highest BCUT2D eigenvalue weighted by Crippen LogP contribution is 2.36. The van der Waals surface area contributed by atoms with Crippen LogP contribution in [0.2, 0.25) is 0 Å². The lowest BCUT2D eigenvalue weighted by molar-refractivity contribution is -0.149. The van der Waals surface area contributed by atoms with E-state index in [1.165, 1.54) is 6.07 Å². The van der Waals surface area contributed by atoms with E-state index in [0.717, 1.165) is 30.2 Å². The van der Waals surface area contributed by atoms with Crippen LogP contribution in [0.25, 0.3) is 10.8 Å². The molecule has 0 spiro atoms. The zero-order valence-corrected chi connectivity index (χ0v) is 24.6. The van der Waals surface area contributed by atoms with Gasteiger partial charge in [0, 0.05) is 31.6 Å². The van der Waals surface area contributed by atoms with Gasteiger partial charge in [-0.2, -0.15) is 4.72 Å². The standard InChI is InChI=1S/C31H35N5O6S/c32-29(33)21-8-6-20(7-9-21)15-26(31(38)35-12-2-1-3-13-35)36-14-4-5-25(30(36)37)34-43(39,40)24-11-10-22-17-27-28(42-19-41-27)18-23(22)16-24/h6-11,16-18,25-26,34H,1-5,12-15,19H2,(H3,32,33). The zero-order valence-electron chi connectivity index (χ0n) is 23.8. The molecule has 2 unspecified atom stereocenters. The maximum atomic E-state index is 13.9. The Morgan fingerprint density at radius 3 is 2.35 bits per heavy atom. The molecule has 11 nitrogen and oxygen atoms in total. The van der Waals surface area contributed by atoms with Gasteiger partial charge < -0.3 is 25.0 Å². The molecular weight excluding hydrogens is 570 g/mol. The van der Waals surface area contributed by atoms with Crippen LogP contribution in [0.5, 0.6) is 11.5 Å². The van der Waals surface area contributed by atoms with E-state index in [4.69, 9.17) is 20.6 Å². The minimum Gasteiger partial charge on any atom is -0.454 e. The molecule has 3 heterocycles. The van der Waals surface area contributed by atoms with Crippen molar-refractivity contribution in [3.63, 3.8) is 0 Å². The van der Waals surface area contributed by atoms with E-state index in [2.05, 4.69) is 4.72 Å². The molecule has 6 rings (SSSR count). The Kier molecular flexibility index (Phi) is 7.97. The molecule has 3 aromatic carbocycles. The first-order valence-electron chi connectivity index (χ1n) is 14.6. The molecule has 2 atom stereocenters. The number of nitrogens with zero attached hydrogens (tertiary/aromatic N) is 2. The number of carbonyl (C=O) groups excluding carboxylic acids is 2. The van der Waals surface area contributed by atoms with Crippen molar-refractivity contribution >= 4 is 38.4 Å². The van der Waals surface area contributed by atoms with E-state index < -0.39 is 28.0 Å². The Hall–Kier alpha value is -4.16. The van der Waals surface area contributed by atoms with Crippen LogP contribution in [0, 0.1) is 5.41 Å². The maximum Gasteiger partial charge on any atom is 0.245 e. The first kappa shape index (κ1) is 28.9. The van der Waals surface area contributed by atoms with Crippen LogP contribution >= 0.6 is 0 Å². The van der Waals surface area contributed by atoms with Gasteiger partial charge in [0.25, 0.3) is 0 Å². The van der Waals surface area contributed by atoms with Crippen LogP contribution in [0.4, 0.5) is 0 Å². The van der Waals surface area contributed by atoms with Crippen molar-refractivity contribution in [2.45, 2.75) is 55.5 Å². The fourth-order valence-corrected chi connectivity index (χ4v) is 7.32. The number of nitrogen functional groups attached to an aromatic ring is 1. The number of benzene rings is 3. The molecule has 2 saturated heterocycles. The van der Waals surface area contributed by atoms with Gasteiger partial charge in [-0.25, -0.2) is 8.42 Å². The van der Waals surface area contributed by atoms with E-state index in [0.29, 0.717) is 54.9 Å². The molecule has 3 aliphatic heterocycles. The SMILES string of the molecule is N=C(N)c1ccc(CC(C(=O)N2CCCCC2)N2CCCC(NS(=O)(=O)c3ccc4cc5c(cc4c3)OCO5)C2=O)cc1. The second-order valence-corrected chi connectivity index (χ2v) is 13.0. The minimum atomic E-state index is -4.06. The second kappa shape index (κ2) is 11.8. The Bertz CT molecular complexity index is 1670. The van der Waals surface area contributed by atoms with Gasteiger partial charge in [0.1, 0.15) is 17.9 Å². The van der Waals surface area contributed by atoms with E-state index >= 15 is 0 Å². The molecule has 2 amide bonds. The summed E-state index contributed by atoms with van der Waals surface area (Å²) in [5.41, 5.74) is 7.01. The Labute approximate surface area is 250 Å². The van der Waals surface area contributed by atoms with Crippen LogP contribution in [0.3, 0.4) is 0 Å². The number of nitrogens with two attached hydrogens (primary N) is 1. The number of amides is 2. The Morgan fingerprint density at radius 1 is 0.953 bits per heavy atom. The molecule has 43 heavy (non-hydrogen) atoms. The molecular formula is C31H35N5O6S.